The maximum atomic E-state index is 6.00. The van der Waals surface area contributed by atoms with Crippen molar-refractivity contribution < 1.29 is 0 Å². The molecule has 0 aliphatic carbocycles. The molecule has 1 aliphatic rings. The summed E-state index contributed by atoms with van der Waals surface area (Å²) in [6, 6.07) is 1.85. The Morgan fingerprint density at radius 2 is 2.00 bits per heavy atom. The molecule has 0 radical (unpaired) electrons. The van der Waals surface area contributed by atoms with E-state index in [1.54, 1.807) is 0 Å². The molecule has 0 aromatic carbocycles. The van der Waals surface area contributed by atoms with Crippen molar-refractivity contribution in [3.8, 4) is 0 Å². The Labute approximate surface area is 111 Å². The second-order valence-corrected chi connectivity index (χ2v) is 5.12. The topological polar surface area (TPSA) is 32.3 Å². The van der Waals surface area contributed by atoms with Crippen LogP contribution in [-0.2, 0) is 0 Å². The molecule has 0 saturated carbocycles. The van der Waals surface area contributed by atoms with Crippen molar-refractivity contribution >= 4 is 29.2 Å². The maximum absolute atomic E-state index is 6.00. The molecule has 2 heterocycles. The number of likely N-dealkylation sites (N-methyl/N-ethyl adjacent to an activating group) is 1. The zero-order valence-electron chi connectivity index (χ0n) is 10.2. The highest BCUT2D eigenvalue weighted by atomic mass is 35.5. The van der Waals surface area contributed by atoms with Crippen LogP contribution in [0.4, 0.5) is 5.82 Å². The number of nitrogens with zero attached hydrogens (tertiary/aromatic N) is 4. The lowest BCUT2D eigenvalue weighted by Crippen LogP contribution is -2.46. The van der Waals surface area contributed by atoms with E-state index in [0.717, 1.165) is 43.7 Å². The third-order valence-corrected chi connectivity index (χ3v) is 3.73. The highest BCUT2D eigenvalue weighted by molar-refractivity contribution is 7.98. The van der Waals surface area contributed by atoms with Gasteiger partial charge in [0.25, 0.3) is 0 Å². The number of hydrogen-bond donors (Lipinski definition) is 0. The number of piperazine rings is 1. The van der Waals surface area contributed by atoms with Gasteiger partial charge < -0.3 is 9.80 Å². The Bertz CT molecular complexity index is 380. The van der Waals surface area contributed by atoms with E-state index in [1.165, 1.54) is 11.8 Å². The molecule has 94 valence electrons. The number of thioether (sulfide) groups is 1. The number of hydrogen-bond acceptors (Lipinski definition) is 5. The summed E-state index contributed by atoms with van der Waals surface area (Å²) in [5, 5.41) is 1.27. The van der Waals surface area contributed by atoms with Crippen LogP contribution >= 0.6 is 23.4 Å². The zero-order valence-corrected chi connectivity index (χ0v) is 11.8. The molecule has 1 fully saturated rings. The molecule has 1 saturated heterocycles. The van der Waals surface area contributed by atoms with Gasteiger partial charge in [-0.2, -0.15) is 0 Å². The molecule has 1 aromatic rings. The van der Waals surface area contributed by atoms with Crippen molar-refractivity contribution in [1.82, 2.24) is 14.9 Å². The maximum Gasteiger partial charge on any atom is 0.190 e. The van der Waals surface area contributed by atoms with Crippen molar-refractivity contribution in [2.24, 2.45) is 0 Å². The molecule has 1 aromatic heterocycles. The zero-order chi connectivity index (χ0) is 12.3. The molecule has 0 N–H and O–H groups in total. The van der Waals surface area contributed by atoms with Crippen molar-refractivity contribution in [3.63, 3.8) is 0 Å². The fourth-order valence-electron chi connectivity index (χ4n) is 1.93. The summed E-state index contributed by atoms with van der Waals surface area (Å²) in [6.45, 7) is 7.51. The Hall–Kier alpha value is -0.520. The van der Waals surface area contributed by atoms with Gasteiger partial charge in [-0.3, -0.25) is 0 Å². The Balaban J connectivity index is 2.10. The van der Waals surface area contributed by atoms with Gasteiger partial charge in [0.2, 0.25) is 0 Å². The van der Waals surface area contributed by atoms with Crippen molar-refractivity contribution in [3.05, 3.63) is 11.2 Å². The van der Waals surface area contributed by atoms with E-state index >= 15 is 0 Å². The van der Waals surface area contributed by atoms with Crippen molar-refractivity contribution in [2.75, 3.05) is 43.9 Å². The fourth-order valence-corrected chi connectivity index (χ4v) is 2.53. The van der Waals surface area contributed by atoms with Crippen LogP contribution in [0.25, 0.3) is 0 Å². The van der Waals surface area contributed by atoms with Gasteiger partial charge in [0.05, 0.1) is 0 Å². The average Bonchev–Trinajstić information content (AvgIpc) is 2.38. The minimum absolute atomic E-state index is 0.525. The molecule has 17 heavy (non-hydrogen) atoms. The highest BCUT2D eigenvalue weighted by Crippen LogP contribution is 2.21. The van der Waals surface area contributed by atoms with Crippen LogP contribution < -0.4 is 4.90 Å². The van der Waals surface area contributed by atoms with E-state index in [1.807, 2.05) is 12.3 Å². The van der Waals surface area contributed by atoms with Crippen molar-refractivity contribution in [2.45, 2.75) is 12.1 Å². The van der Waals surface area contributed by atoms with E-state index in [2.05, 4.69) is 26.7 Å². The predicted octanol–water partition coefficient (Wildman–Crippen LogP) is 1.99. The molecular formula is C11H17ClN4S. The molecule has 0 unspecified atom stereocenters. The highest BCUT2D eigenvalue weighted by Gasteiger charge is 2.17. The van der Waals surface area contributed by atoms with E-state index in [-0.39, 0.29) is 0 Å². The third kappa shape index (κ3) is 3.24. The van der Waals surface area contributed by atoms with Crippen LogP contribution in [0.5, 0.6) is 0 Å². The summed E-state index contributed by atoms with van der Waals surface area (Å²) in [4.78, 5) is 13.4. The Kier molecular flexibility index (Phi) is 4.48. The molecule has 2 rings (SSSR count). The Morgan fingerprint density at radius 1 is 1.29 bits per heavy atom. The predicted molar refractivity (Wildman–Crippen MR) is 73.2 cm³/mol. The van der Waals surface area contributed by atoms with Crippen LogP contribution in [-0.4, -0.2) is 53.8 Å². The lowest BCUT2D eigenvalue weighted by atomic mass is 10.3. The van der Waals surface area contributed by atoms with E-state index in [9.17, 15) is 0 Å². The summed E-state index contributed by atoms with van der Waals surface area (Å²) in [7, 11) is 0. The quantitative estimate of drug-likeness (QED) is 0.477. The Morgan fingerprint density at radius 3 is 2.59 bits per heavy atom. The third-order valence-electron chi connectivity index (χ3n) is 2.99. The summed E-state index contributed by atoms with van der Waals surface area (Å²) in [5.41, 5.74) is 0. The standard InChI is InChI=1S/C11H17ClN4S/c1-3-15-4-6-16(7-5-15)10-8-9(12)13-11(14-10)17-2/h8H,3-7H2,1-2H3. The first-order chi connectivity index (χ1) is 8.22. The van der Waals surface area contributed by atoms with Gasteiger partial charge in [-0.15, -0.1) is 0 Å². The van der Waals surface area contributed by atoms with Gasteiger partial charge in [0.1, 0.15) is 11.0 Å². The monoisotopic (exact) mass is 272 g/mol. The van der Waals surface area contributed by atoms with Crippen LogP contribution in [0.15, 0.2) is 11.2 Å². The summed E-state index contributed by atoms with van der Waals surface area (Å²) >= 11 is 7.52. The number of halogens is 1. The SMILES string of the molecule is CCN1CCN(c2cc(Cl)nc(SC)n2)CC1. The van der Waals surface area contributed by atoms with Crippen LogP contribution in [0.1, 0.15) is 6.92 Å². The first-order valence-corrected chi connectivity index (χ1v) is 7.39. The molecule has 0 spiro atoms. The van der Waals surface area contributed by atoms with Crippen LogP contribution in [0.2, 0.25) is 5.15 Å². The summed E-state index contributed by atoms with van der Waals surface area (Å²) < 4.78 is 0. The first-order valence-electron chi connectivity index (χ1n) is 5.78. The summed E-state index contributed by atoms with van der Waals surface area (Å²) in [5.74, 6) is 0.949. The van der Waals surface area contributed by atoms with Gasteiger partial charge >= 0.3 is 0 Å². The molecule has 1 aliphatic heterocycles. The van der Waals surface area contributed by atoms with Gasteiger partial charge in [0, 0.05) is 32.2 Å². The number of aromatic nitrogens is 2. The van der Waals surface area contributed by atoms with Crippen LogP contribution in [0, 0.1) is 0 Å². The van der Waals surface area contributed by atoms with Gasteiger partial charge in [-0.05, 0) is 12.8 Å². The molecule has 0 atom stereocenters. The fraction of sp³-hybridized carbons (Fsp3) is 0.636. The normalized spacial score (nSPS) is 17.5. The molecule has 4 nitrogen and oxygen atoms in total. The molecule has 0 amide bonds. The van der Waals surface area contributed by atoms with Crippen molar-refractivity contribution in [1.29, 1.82) is 0 Å². The van der Waals surface area contributed by atoms with Gasteiger partial charge in [-0.25, -0.2) is 9.97 Å². The minimum Gasteiger partial charge on any atom is -0.354 e. The number of anilines is 1. The smallest absolute Gasteiger partial charge is 0.190 e. The van der Waals surface area contributed by atoms with E-state index < -0.39 is 0 Å². The first kappa shape index (κ1) is 12.9. The second kappa shape index (κ2) is 5.89. The largest absolute Gasteiger partial charge is 0.354 e. The van der Waals surface area contributed by atoms with E-state index in [4.69, 9.17) is 11.6 Å². The average molecular weight is 273 g/mol. The van der Waals surface area contributed by atoms with Gasteiger partial charge in [0.15, 0.2) is 5.16 Å². The summed E-state index contributed by atoms with van der Waals surface area (Å²) in [6.07, 6.45) is 1.96. The van der Waals surface area contributed by atoms with Crippen LogP contribution in [0.3, 0.4) is 0 Å². The van der Waals surface area contributed by atoms with Gasteiger partial charge in [-0.1, -0.05) is 30.3 Å². The van der Waals surface area contributed by atoms with E-state index in [0.29, 0.717) is 5.15 Å². The number of rotatable bonds is 3. The minimum atomic E-state index is 0.525. The lowest BCUT2D eigenvalue weighted by Gasteiger charge is -2.34. The molecule has 0 bridgehead atoms. The lowest BCUT2D eigenvalue weighted by molar-refractivity contribution is 0.270. The second-order valence-electron chi connectivity index (χ2n) is 3.96. The molecular weight excluding hydrogens is 256 g/mol. The molecule has 6 heteroatoms.